The summed E-state index contributed by atoms with van der Waals surface area (Å²) in [6.07, 6.45) is 0. The molecule has 0 unspecified atom stereocenters. The van der Waals surface area contributed by atoms with E-state index in [4.69, 9.17) is 0 Å². The van der Waals surface area contributed by atoms with Crippen LogP contribution in [0.2, 0.25) is 0 Å². The number of ketones is 1. The summed E-state index contributed by atoms with van der Waals surface area (Å²) in [4.78, 5) is 25.4. The van der Waals surface area contributed by atoms with Gasteiger partial charge < -0.3 is 0 Å². The summed E-state index contributed by atoms with van der Waals surface area (Å²) in [6.45, 7) is -0.279. The summed E-state index contributed by atoms with van der Waals surface area (Å²) in [6, 6.07) is 19.5. The van der Waals surface area contributed by atoms with Crippen molar-refractivity contribution in [2.45, 2.75) is 6.54 Å². The zero-order valence-corrected chi connectivity index (χ0v) is 15.6. The van der Waals surface area contributed by atoms with Crippen molar-refractivity contribution >= 4 is 5.78 Å². The average Bonchev–Trinajstić information content (AvgIpc) is 2.77. The van der Waals surface area contributed by atoms with E-state index < -0.39 is 17.3 Å². The van der Waals surface area contributed by atoms with Gasteiger partial charge in [0.25, 0.3) is 0 Å². The number of carbonyl (C=O) groups is 1. The van der Waals surface area contributed by atoms with Crippen LogP contribution in [0.25, 0.3) is 22.5 Å². The minimum absolute atomic E-state index is 0.279. The van der Waals surface area contributed by atoms with Crippen LogP contribution in [0.1, 0.15) is 10.4 Å². The van der Waals surface area contributed by atoms with Gasteiger partial charge in [-0.3, -0.25) is 9.36 Å². The average molecular weight is 403 g/mol. The first-order valence-electron chi connectivity index (χ1n) is 9.10. The maximum absolute atomic E-state index is 13.5. The van der Waals surface area contributed by atoms with Gasteiger partial charge in [0.15, 0.2) is 5.78 Å². The Hall–Kier alpha value is -4.00. The third kappa shape index (κ3) is 3.91. The fraction of sp³-hybridized carbons (Fsp3) is 0.0435. The Balaban J connectivity index is 1.91. The Kier molecular flexibility index (Phi) is 5.26. The molecular formula is C23H15F2N3O2. The molecule has 0 fully saturated rings. The fourth-order valence-corrected chi connectivity index (χ4v) is 3.13. The predicted molar refractivity (Wildman–Crippen MR) is 108 cm³/mol. The van der Waals surface area contributed by atoms with Gasteiger partial charge in [-0.15, -0.1) is 5.10 Å². The van der Waals surface area contributed by atoms with Gasteiger partial charge in [-0.1, -0.05) is 35.4 Å². The van der Waals surface area contributed by atoms with Crippen LogP contribution in [-0.4, -0.2) is 20.5 Å². The number of nitrogens with zero attached hydrogens (tertiary/aromatic N) is 3. The Morgan fingerprint density at radius 3 is 1.93 bits per heavy atom. The van der Waals surface area contributed by atoms with Crippen LogP contribution in [0.4, 0.5) is 8.78 Å². The largest absolute Gasteiger partial charge is 0.367 e. The second-order valence-corrected chi connectivity index (χ2v) is 6.57. The number of aromatic nitrogens is 3. The second kappa shape index (κ2) is 8.16. The smallest absolute Gasteiger partial charge is 0.292 e. The lowest BCUT2D eigenvalue weighted by molar-refractivity contribution is 0.0970. The highest BCUT2D eigenvalue weighted by Crippen LogP contribution is 2.29. The zero-order valence-electron chi connectivity index (χ0n) is 15.6. The molecular weight excluding hydrogens is 388 g/mol. The molecule has 0 radical (unpaired) electrons. The second-order valence-electron chi connectivity index (χ2n) is 6.57. The van der Waals surface area contributed by atoms with Gasteiger partial charge in [0.05, 0.1) is 12.2 Å². The number of carbonyl (C=O) groups excluding carboxylic acids is 1. The normalized spacial score (nSPS) is 10.7. The first-order valence-corrected chi connectivity index (χ1v) is 9.10. The Bertz CT molecular complexity index is 1250. The fourth-order valence-electron chi connectivity index (χ4n) is 3.13. The van der Waals surface area contributed by atoms with Gasteiger partial charge >= 0.3 is 5.69 Å². The van der Waals surface area contributed by atoms with E-state index >= 15 is 0 Å². The molecule has 0 saturated carbocycles. The third-order valence-electron chi connectivity index (χ3n) is 4.59. The van der Waals surface area contributed by atoms with E-state index in [1.54, 1.807) is 30.3 Å². The maximum atomic E-state index is 13.5. The molecule has 7 heteroatoms. The number of hydrogen-bond donors (Lipinski definition) is 0. The molecule has 3 aromatic carbocycles. The highest BCUT2D eigenvalue weighted by molar-refractivity contribution is 5.96. The van der Waals surface area contributed by atoms with Crippen molar-refractivity contribution < 1.29 is 13.6 Å². The summed E-state index contributed by atoms with van der Waals surface area (Å²) in [5.41, 5.74) is 1.28. The standard InChI is InChI=1S/C23H15F2N3O2/c24-18-10-6-16(7-11-18)21-22(17-8-12-19(25)13-9-17)28(23(30)27-26-21)14-20(29)15-4-2-1-3-5-15/h1-13H,14H2. The lowest BCUT2D eigenvalue weighted by Gasteiger charge is -2.15. The molecule has 1 aromatic heterocycles. The van der Waals surface area contributed by atoms with Gasteiger partial charge in [0.1, 0.15) is 17.3 Å². The molecule has 0 atom stereocenters. The van der Waals surface area contributed by atoms with E-state index in [1.807, 2.05) is 0 Å². The summed E-state index contributed by atoms with van der Waals surface area (Å²) in [5.74, 6) is -1.17. The summed E-state index contributed by atoms with van der Waals surface area (Å²) in [5, 5.41) is 7.67. The molecule has 5 nitrogen and oxygen atoms in total. The monoisotopic (exact) mass is 403 g/mol. The number of benzene rings is 3. The van der Waals surface area contributed by atoms with Crippen LogP contribution in [0, 0.1) is 11.6 Å². The van der Waals surface area contributed by atoms with E-state index in [0.29, 0.717) is 22.4 Å². The van der Waals surface area contributed by atoms with Gasteiger partial charge in [-0.05, 0) is 48.5 Å². The molecule has 30 heavy (non-hydrogen) atoms. The third-order valence-corrected chi connectivity index (χ3v) is 4.59. The summed E-state index contributed by atoms with van der Waals surface area (Å²) in [7, 11) is 0. The highest BCUT2D eigenvalue weighted by Gasteiger charge is 2.19. The molecule has 0 spiro atoms. The van der Waals surface area contributed by atoms with Gasteiger partial charge in [0, 0.05) is 16.7 Å². The minimum Gasteiger partial charge on any atom is -0.292 e. The SMILES string of the molecule is O=C(Cn1c(-c2ccc(F)cc2)c(-c2ccc(F)cc2)nnc1=O)c1ccccc1. The van der Waals surface area contributed by atoms with Gasteiger partial charge in [-0.2, -0.15) is 0 Å². The van der Waals surface area contributed by atoms with Crippen LogP contribution < -0.4 is 5.69 Å². The Morgan fingerprint density at radius 1 is 0.767 bits per heavy atom. The molecule has 1 heterocycles. The molecule has 148 valence electrons. The summed E-state index contributed by atoms with van der Waals surface area (Å²) >= 11 is 0. The van der Waals surface area contributed by atoms with E-state index in [1.165, 1.54) is 53.1 Å². The molecule has 0 aliphatic heterocycles. The van der Waals surface area contributed by atoms with Crippen LogP contribution in [-0.2, 0) is 6.54 Å². The number of halogens is 2. The first-order chi connectivity index (χ1) is 14.5. The molecule has 0 saturated heterocycles. The van der Waals surface area contributed by atoms with Crippen molar-refractivity contribution in [2.24, 2.45) is 0 Å². The van der Waals surface area contributed by atoms with E-state index in [0.717, 1.165) is 0 Å². The van der Waals surface area contributed by atoms with Crippen LogP contribution in [0.15, 0.2) is 83.7 Å². The van der Waals surface area contributed by atoms with Crippen LogP contribution >= 0.6 is 0 Å². The molecule has 0 aliphatic rings. The number of Topliss-reactive ketones (excluding diaryl/α,β-unsaturated/α-hetero) is 1. The molecule has 0 bridgehead atoms. The van der Waals surface area contributed by atoms with Crippen molar-refractivity contribution in [3.05, 3.63) is 107 Å². The van der Waals surface area contributed by atoms with E-state index in [9.17, 15) is 18.4 Å². The van der Waals surface area contributed by atoms with Crippen molar-refractivity contribution in [3.8, 4) is 22.5 Å². The topological polar surface area (TPSA) is 64.8 Å². The number of rotatable bonds is 5. The zero-order chi connectivity index (χ0) is 21.1. The Morgan fingerprint density at radius 2 is 1.33 bits per heavy atom. The maximum Gasteiger partial charge on any atom is 0.367 e. The van der Waals surface area contributed by atoms with E-state index in [-0.39, 0.29) is 18.0 Å². The lowest BCUT2D eigenvalue weighted by Crippen LogP contribution is -2.29. The molecule has 0 amide bonds. The van der Waals surface area contributed by atoms with E-state index in [2.05, 4.69) is 10.2 Å². The first kappa shape index (κ1) is 19.3. The molecule has 4 rings (SSSR count). The molecule has 0 aliphatic carbocycles. The Labute approximate surface area is 170 Å². The van der Waals surface area contributed by atoms with Crippen molar-refractivity contribution in [1.29, 1.82) is 0 Å². The van der Waals surface area contributed by atoms with Gasteiger partial charge in [0.2, 0.25) is 0 Å². The molecule has 4 aromatic rings. The predicted octanol–water partition coefficient (Wildman–Crippen LogP) is 4.13. The van der Waals surface area contributed by atoms with Gasteiger partial charge in [-0.25, -0.2) is 13.6 Å². The van der Waals surface area contributed by atoms with Crippen LogP contribution in [0.3, 0.4) is 0 Å². The lowest BCUT2D eigenvalue weighted by atomic mass is 10.0. The minimum atomic E-state index is -0.718. The number of hydrogen-bond acceptors (Lipinski definition) is 4. The highest BCUT2D eigenvalue weighted by atomic mass is 19.1. The molecule has 0 N–H and O–H groups in total. The quantitative estimate of drug-likeness (QED) is 0.470. The van der Waals surface area contributed by atoms with Crippen LogP contribution in [0.5, 0.6) is 0 Å². The van der Waals surface area contributed by atoms with Crippen molar-refractivity contribution in [1.82, 2.24) is 14.8 Å². The van der Waals surface area contributed by atoms with Crippen molar-refractivity contribution in [2.75, 3.05) is 0 Å². The van der Waals surface area contributed by atoms with Crippen molar-refractivity contribution in [3.63, 3.8) is 0 Å². The summed E-state index contributed by atoms with van der Waals surface area (Å²) < 4.78 is 28.1.